The molecular formula is C14H10O6. The third-order valence-corrected chi connectivity index (χ3v) is 3.10. The second-order valence-electron chi connectivity index (χ2n) is 4.56. The number of phenols is 4. The fraction of sp³-hybridized carbons (Fsp3) is 0.0714. The quantitative estimate of drug-likeness (QED) is 0.284. The van der Waals surface area contributed by atoms with E-state index in [0.717, 1.165) is 6.07 Å². The number of hydrogen-bond acceptors (Lipinski definition) is 6. The van der Waals surface area contributed by atoms with E-state index in [9.17, 15) is 25.2 Å². The molecule has 6 nitrogen and oxygen atoms in total. The summed E-state index contributed by atoms with van der Waals surface area (Å²) in [5.41, 5.74) is -0.231. The van der Waals surface area contributed by atoms with Crippen LogP contribution >= 0.6 is 0 Å². The zero-order chi connectivity index (χ0) is 14.6. The number of phenolic OH excluding ortho intramolecular Hbond substituents is 4. The Morgan fingerprint density at radius 3 is 2.30 bits per heavy atom. The maximum atomic E-state index is 12.3. The van der Waals surface area contributed by atoms with Crippen LogP contribution in [0.25, 0.3) is 21.9 Å². The molecule has 0 atom stereocenters. The minimum atomic E-state index is -0.734. The highest BCUT2D eigenvalue weighted by atomic mass is 16.4. The van der Waals surface area contributed by atoms with Gasteiger partial charge in [-0.2, -0.15) is 0 Å². The first kappa shape index (κ1) is 12.2. The monoisotopic (exact) mass is 274 g/mol. The van der Waals surface area contributed by atoms with E-state index < -0.39 is 22.7 Å². The first-order valence-electron chi connectivity index (χ1n) is 5.74. The van der Waals surface area contributed by atoms with Crippen LogP contribution in [0.2, 0.25) is 0 Å². The molecule has 4 N–H and O–H groups in total. The minimum absolute atomic E-state index is 0.0837. The Balaban J connectivity index is 2.69. The number of benzene rings is 2. The van der Waals surface area contributed by atoms with Gasteiger partial charge in [-0.15, -0.1) is 0 Å². The Kier molecular flexibility index (Phi) is 2.31. The third-order valence-electron chi connectivity index (χ3n) is 3.10. The molecule has 0 bridgehead atoms. The van der Waals surface area contributed by atoms with E-state index in [0.29, 0.717) is 5.56 Å². The topological polar surface area (TPSA) is 111 Å². The molecule has 2 aromatic carbocycles. The van der Waals surface area contributed by atoms with Gasteiger partial charge in [0.1, 0.15) is 22.1 Å². The zero-order valence-corrected chi connectivity index (χ0v) is 10.3. The molecule has 0 aliphatic heterocycles. The van der Waals surface area contributed by atoms with Gasteiger partial charge in [0.05, 0.1) is 0 Å². The first-order valence-corrected chi connectivity index (χ1v) is 5.74. The molecule has 20 heavy (non-hydrogen) atoms. The Labute approximate surface area is 111 Å². The molecule has 0 radical (unpaired) electrons. The summed E-state index contributed by atoms with van der Waals surface area (Å²) in [6, 6.07) is 3.78. The maximum Gasteiger partial charge on any atom is 0.208 e. The van der Waals surface area contributed by atoms with Gasteiger partial charge >= 0.3 is 0 Å². The van der Waals surface area contributed by atoms with E-state index in [-0.39, 0.29) is 27.7 Å². The second kappa shape index (κ2) is 3.80. The van der Waals surface area contributed by atoms with E-state index in [4.69, 9.17) is 4.42 Å². The highest BCUT2D eigenvalue weighted by Crippen LogP contribution is 2.40. The standard InChI is InChI=1S/C14H10O6/c1-5-2-6(15)10-9(3-5)20-14-8(17)4-7(16)12(18)11(14)13(10)19/h2-4,15-18H,1H3. The van der Waals surface area contributed by atoms with E-state index in [1.165, 1.54) is 12.1 Å². The lowest BCUT2D eigenvalue weighted by Gasteiger charge is -2.08. The Hall–Kier alpha value is -2.89. The van der Waals surface area contributed by atoms with Crippen molar-refractivity contribution in [2.24, 2.45) is 0 Å². The molecule has 0 aliphatic carbocycles. The predicted octanol–water partition coefficient (Wildman–Crippen LogP) is 2.08. The number of rotatable bonds is 0. The van der Waals surface area contributed by atoms with Crippen LogP contribution in [0.1, 0.15) is 5.56 Å². The van der Waals surface area contributed by atoms with Crippen LogP contribution in [0.3, 0.4) is 0 Å². The van der Waals surface area contributed by atoms with Gasteiger partial charge in [-0.3, -0.25) is 4.79 Å². The van der Waals surface area contributed by atoms with E-state index in [1.54, 1.807) is 6.92 Å². The van der Waals surface area contributed by atoms with Crippen LogP contribution < -0.4 is 5.43 Å². The summed E-state index contributed by atoms with van der Waals surface area (Å²) >= 11 is 0. The highest BCUT2D eigenvalue weighted by Gasteiger charge is 2.20. The summed E-state index contributed by atoms with van der Waals surface area (Å²) < 4.78 is 5.37. The Morgan fingerprint density at radius 2 is 1.60 bits per heavy atom. The van der Waals surface area contributed by atoms with Crippen LogP contribution in [0.5, 0.6) is 23.0 Å². The van der Waals surface area contributed by atoms with Gasteiger partial charge < -0.3 is 24.8 Å². The lowest BCUT2D eigenvalue weighted by Crippen LogP contribution is -2.03. The lowest BCUT2D eigenvalue weighted by atomic mass is 10.1. The maximum absolute atomic E-state index is 12.3. The average Bonchev–Trinajstić information content (AvgIpc) is 2.34. The van der Waals surface area contributed by atoms with Crippen molar-refractivity contribution in [3.05, 3.63) is 34.0 Å². The number of aromatic hydroxyl groups is 4. The van der Waals surface area contributed by atoms with E-state index in [1.807, 2.05) is 0 Å². The number of fused-ring (bicyclic) bond motifs is 2. The van der Waals surface area contributed by atoms with Crippen molar-refractivity contribution in [2.45, 2.75) is 6.92 Å². The van der Waals surface area contributed by atoms with E-state index in [2.05, 4.69) is 0 Å². The van der Waals surface area contributed by atoms with Crippen LogP contribution in [0.4, 0.5) is 0 Å². The fourth-order valence-corrected chi connectivity index (χ4v) is 2.22. The molecule has 0 amide bonds. The van der Waals surface area contributed by atoms with Crippen molar-refractivity contribution >= 4 is 21.9 Å². The van der Waals surface area contributed by atoms with Crippen molar-refractivity contribution in [3.8, 4) is 23.0 Å². The van der Waals surface area contributed by atoms with Crippen LogP contribution in [-0.4, -0.2) is 20.4 Å². The summed E-state index contributed by atoms with van der Waals surface area (Å²) in [6.45, 7) is 1.71. The average molecular weight is 274 g/mol. The van der Waals surface area contributed by atoms with Crippen LogP contribution in [0.15, 0.2) is 27.4 Å². The molecule has 6 heteroatoms. The molecule has 0 unspecified atom stereocenters. The van der Waals surface area contributed by atoms with Gasteiger partial charge in [0.15, 0.2) is 22.8 Å². The smallest absolute Gasteiger partial charge is 0.208 e. The SMILES string of the molecule is Cc1cc(O)c2c(=O)c3c(O)c(O)cc(O)c3oc2c1. The summed E-state index contributed by atoms with van der Waals surface area (Å²) in [7, 11) is 0. The third kappa shape index (κ3) is 1.48. The molecule has 102 valence electrons. The van der Waals surface area contributed by atoms with Gasteiger partial charge in [-0.1, -0.05) is 0 Å². The van der Waals surface area contributed by atoms with Gasteiger partial charge in [-0.25, -0.2) is 0 Å². The minimum Gasteiger partial charge on any atom is -0.507 e. The molecule has 0 saturated heterocycles. The molecule has 3 aromatic rings. The lowest BCUT2D eigenvalue weighted by molar-refractivity contribution is 0.399. The normalized spacial score (nSPS) is 11.2. The molecule has 1 aromatic heterocycles. The van der Waals surface area contributed by atoms with Crippen molar-refractivity contribution in [1.29, 1.82) is 0 Å². The molecule has 0 spiro atoms. The predicted molar refractivity (Wildman–Crippen MR) is 71.4 cm³/mol. The van der Waals surface area contributed by atoms with Crippen molar-refractivity contribution < 1.29 is 24.8 Å². The fourth-order valence-electron chi connectivity index (χ4n) is 2.22. The van der Waals surface area contributed by atoms with Gasteiger partial charge in [0.2, 0.25) is 5.43 Å². The molecule has 0 aliphatic rings. The Bertz CT molecular complexity index is 923. The summed E-state index contributed by atoms with van der Waals surface area (Å²) in [5, 5.41) is 38.3. The highest BCUT2D eigenvalue weighted by molar-refractivity contribution is 5.99. The summed E-state index contributed by atoms with van der Waals surface area (Å²) in [4.78, 5) is 12.3. The van der Waals surface area contributed by atoms with Gasteiger partial charge in [0.25, 0.3) is 0 Å². The first-order chi connectivity index (χ1) is 9.40. The van der Waals surface area contributed by atoms with Crippen LogP contribution in [-0.2, 0) is 0 Å². The molecule has 0 saturated carbocycles. The zero-order valence-electron chi connectivity index (χ0n) is 10.3. The molecule has 1 heterocycles. The van der Waals surface area contributed by atoms with Crippen LogP contribution in [0, 0.1) is 6.92 Å². The molecule has 3 rings (SSSR count). The molecule has 0 fully saturated rings. The number of aryl methyl sites for hydroxylation is 1. The molecular weight excluding hydrogens is 264 g/mol. The summed E-state index contributed by atoms with van der Waals surface area (Å²) in [6.07, 6.45) is 0. The second-order valence-corrected chi connectivity index (χ2v) is 4.56. The summed E-state index contributed by atoms with van der Waals surface area (Å²) in [5.74, 6) is -2.12. The van der Waals surface area contributed by atoms with Crippen molar-refractivity contribution in [2.75, 3.05) is 0 Å². The van der Waals surface area contributed by atoms with Crippen molar-refractivity contribution in [3.63, 3.8) is 0 Å². The van der Waals surface area contributed by atoms with Gasteiger partial charge in [0, 0.05) is 6.07 Å². The number of hydrogen-bond donors (Lipinski definition) is 4. The van der Waals surface area contributed by atoms with E-state index >= 15 is 0 Å². The largest absolute Gasteiger partial charge is 0.507 e. The van der Waals surface area contributed by atoms with Gasteiger partial charge in [-0.05, 0) is 24.6 Å². The Morgan fingerprint density at radius 1 is 0.900 bits per heavy atom. The van der Waals surface area contributed by atoms with Crippen molar-refractivity contribution in [1.82, 2.24) is 0 Å².